The highest BCUT2D eigenvalue weighted by Crippen LogP contribution is 2.53. The molecule has 0 amide bonds. The molecule has 2 unspecified atom stereocenters. The molecule has 4 aliphatic rings. The second-order valence-electron chi connectivity index (χ2n) is 16.3. The molecule has 3 aliphatic carbocycles. The van der Waals surface area contributed by atoms with E-state index >= 15 is 0 Å². The van der Waals surface area contributed by atoms with Crippen molar-refractivity contribution >= 4 is 41.4 Å². The molecule has 6 aromatic carbocycles. The van der Waals surface area contributed by atoms with E-state index in [1.54, 1.807) is 24.3 Å². The first-order valence-corrected chi connectivity index (χ1v) is 20.2. The van der Waals surface area contributed by atoms with E-state index in [4.69, 9.17) is 4.74 Å². The fourth-order valence-corrected chi connectivity index (χ4v) is 10.1. The van der Waals surface area contributed by atoms with Crippen LogP contribution in [0.2, 0.25) is 0 Å². The zero-order valence-electron chi connectivity index (χ0n) is 33.2. The SMILES string of the molecule is O=C(O)c1ccc(Cc2ccc3c(c2C2=CC4C(=O)OC(=O)C4(c4c(Cc5ccc(C(=O)O)c(C(=O)O)c5)ccc5c4Cc4ccccc4-5)C=C2)Cc2ccccc2-3)cc1C(=O)O. The number of hydrogen-bond acceptors (Lipinski definition) is 7. The van der Waals surface area contributed by atoms with Crippen LogP contribution in [0.1, 0.15) is 97.1 Å². The Kier molecular flexibility index (Phi) is 8.96. The molecule has 4 N–H and O–H groups in total. The summed E-state index contributed by atoms with van der Waals surface area (Å²) in [4.78, 5) is 77.0. The molecule has 6 aromatic rings. The first-order valence-electron chi connectivity index (χ1n) is 20.2. The van der Waals surface area contributed by atoms with Crippen molar-refractivity contribution in [3.8, 4) is 22.3 Å². The number of carboxylic acid groups (broad SMARTS) is 4. The van der Waals surface area contributed by atoms with Gasteiger partial charge in [-0.05, 0) is 133 Å². The zero-order chi connectivity index (χ0) is 43.9. The Hall–Kier alpha value is -8.18. The van der Waals surface area contributed by atoms with E-state index in [0.29, 0.717) is 40.7 Å². The summed E-state index contributed by atoms with van der Waals surface area (Å²) >= 11 is 0. The minimum Gasteiger partial charge on any atom is -0.478 e. The number of carbonyl (C=O) groups is 6. The van der Waals surface area contributed by atoms with Crippen LogP contribution in [0.4, 0.5) is 0 Å². The second kappa shape index (κ2) is 14.5. The van der Waals surface area contributed by atoms with Crippen LogP contribution in [0.15, 0.2) is 127 Å². The van der Waals surface area contributed by atoms with Crippen LogP contribution in [0.5, 0.6) is 0 Å². The normalized spacial score (nSPS) is 17.5. The fourth-order valence-electron chi connectivity index (χ4n) is 10.1. The molecule has 0 saturated carbocycles. The molecule has 1 saturated heterocycles. The number of aromatic carboxylic acids is 4. The summed E-state index contributed by atoms with van der Waals surface area (Å²) < 4.78 is 5.60. The lowest BCUT2D eigenvalue weighted by atomic mass is 9.64. The van der Waals surface area contributed by atoms with Crippen molar-refractivity contribution in [3.05, 3.63) is 205 Å². The molecule has 1 heterocycles. The molecule has 11 nitrogen and oxygen atoms in total. The quantitative estimate of drug-likeness (QED) is 0.0764. The Morgan fingerprint density at radius 2 is 1.08 bits per heavy atom. The Morgan fingerprint density at radius 3 is 1.65 bits per heavy atom. The van der Waals surface area contributed by atoms with E-state index in [1.807, 2.05) is 72.8 Å². The van der Waals surface area contributed by atoms with Gasteiger partial charge in [0.05, 0.1) is 22.3 Å². The number of carbonyl (C=O) groups excluding carboxylic acids is 2. The average Bonchev–Trinajstić information content (AvgIpc) is 3.91. The predicted molar refractivity (Wildman–Crippen MR) is 229 cm³/mol. The largest absolute Gasteiger partial charge is 0.478 e. The van der Waals surface area contributed by atoms with Crippen molar-refractivity contribution in [2.45, 2.75) is 31.1 Å². The van der Waals surface area contributed by atoms with Crippen molar-refractivity contribution in [3.63, 3.8) is 0 Å². The van der Waals surface area contributed by atoms with Gasteiger partial charge in [-0.2, -0.15) is 0 Å². The molecule has 0 spiro atoms. The van der Waals surface area contributed by atoms with Gasteiger partial charge in [0, 0.05) is 0 Å². The lowest BCUT2D eigenvalue weighted by Crippen LogP contribution is -2.39. The number of fused-ring (bicyclic) bond motifs is 7. The maximum Gasteiger partial charge on any atom is 0.336 e. The third-order valence-electron chi connectivity index (χ3n) is 12.9. The molecule has 2 atom stereocenters. The van der Waals surface area contributed by atoms with E-state index in [2.05, 4.69) is 6.07 Å². The van der Waals surface area contributed by atoms with Gasteiger partial charge in [-0.3, -0.25) is 9.59 Å². The molecule has 63 heavy (non-hydrogen) atoms. The van der Waals surface area contributed by atoms with Crippen molar-refractivity contribution < 1.29 is 53.9 Å². The van der Waals surface area contributed by atoms with Gasteiger partial charge < -0.3 is 25.2 Å². The number of carboxylic acids is 4. The topological polar surface area (TPSA) is 193 Å². The molecule has 0 aromatic heterocycles. The third kappa shape index (κ3) is 6.11. The third-order valence-corrected chi connectivity index (χ3v) is 12.9. The van der Waals surface area contributed by atoms with Gasteiger partial charge in [0.25, 0.3) is 0 Å². The fraction of sp³-hybridized carbons (Fsp3) is 0.115. The summed E-state index contributed by atoms with van der Waals surface area (Å²) in [6, 6.07) is 32.1. The molecule has 0 bridgehead atoms. The predicted octanol–water partition coefficient (Wildman–Crippen LogP) is 8.39. The molecule has 10 rings (SSSR count). The van der Waals surface area contributed by atoms with Crippen molar-refractivity contribution in [1.82, 2.24) is 0 Å². The van der Waals surface area contributed by atoms with E-state index < -0.39 is 47.1 Å². The van der Waals surface area contributed by atoms with E-state index in [0.717, 1.165) is 55.6 Å². The van der Waals surface area contributed by atoms with Crippen LogP contribution >= 0.6 is 0 Å². The number of allylic oxidation sites excluding steroid dienone is 2. The summed E-state index contributed by atoms with van der Waals surface area (Å²) in [5, 5.41) is 39.3. The number of rotatable bonds is 10. The lowest BCUT2D eigenvalue weighted by Gasteiger charge is -2.33. The summed E-state index contributed by atoms with van der Waals surface area (Å²) in [6.45, 7) is 0. The van der Waals surface area contributed by atoms with Crippen molar-refractivity contribution in [2.24, 2.45) is 5.92 Å². The van der Waals surface area contributed by atoms with Crippen LogP contribution in [0, 0.1) is 5.92 Å². The molecule has 308 valence electrons. The summed E-state index contributed by atoms with van der Waals surface area (Å²) in [7, 11) is 0. The van der Waals surface area contributed by atoms with Crippen LogP contribution in [-0.4, -0.2) is 56.2 Å². The number of benzene rings is 6. The Balaban J connectivity index is 1.14. The van der Waals surface area contributed by atoms with Gasteiger partial charge in [-0.15, -0.1) is 0 Å². The molecule has 1 fully saturated rings. The second-order valence-corrected chi connectivity index (χ2v) is 16.3. The van der Waals surface area contributed by atoms with Gasteiger partial charge in [-0.25, -0.2) is 19.2 Å². The van der Waals surface area contributed by atoms with Crippen molar-refractivity contribution in [1.29, 1.82) is 0 Å². The zero-order valence-corrected chi connectivity index (χ0v) is 33.2. The van der Waals surface area contributed by atoms with Crippen LogP contribution in [0.25, 0.3) is 27.8 Å². The molecule has 11 heteroatoms. The van der Waals surface area contributed by atoms with Gasteiger partial charge in [-0.1, -0.05) is 103 Å². The summed E-state index contributed by atoms with van der Waals surface area (Å²) in [5.74, 6) is -8.14. The van der Waals surface area contributed by atoms with E-state index in [1.165, 1.54) is 24.3 Å². The number of esters is 2. The van der Waals surface area contributed by atoms with E-state index in [9.17, 15) is 49.2 Å². The first kappa shape index (κ1) is 39.0. The molecule has 1 aliphatic heterocycles. The van der Waals surface area contributed by atoms with Crippen LogP contribution in [0.3, 0.4) is 0 Å². The average molecular weight is 835 g/mol. The maximum absolute atomic E-state index is 14.6. The smallest absolute Gasteiger partial charge is 0.336 e. The highest BCUT2D eigenvalue weighted by atomic mass is 16.6. The maximum atomic E-state index is 14.6. The van der Waals surface area contributed by atoms with Crippen LogP contribution < -0.4 is 0 Å². The summed E-state index contributed by atoms with van der Waals surface area (Å²) in [5.41, 5.74) is 9.27. The minimum atomic E-state index is -1.63. The highest BCUT2D eigenvalue weighted by Gasteiger charge is 2.59. The number of hydrogen-bond donors (Lipinski definition) is 4. The first-order chi connectivity index (χ1) is 30.3. The molecule has 0 radical (unpaired) electrons. The Morgan fingerprint density at radius 1 is 0.571 bits per heavy atom. The van der Waals surface area contributed by atoms with Gasteiger partial charge in [0.15, 0.2) is 0 Å². The molecular formula is C52H34O11. The minimum absolute atomic E-state index is 0.104. The molecular weight excluding hydrogens is 801 g/mol. The summed E-state index contributed by atoms with van der Waals surface area (Å²) in [6.07, 6.45) is 6.69. The number of cyclic esters (lactones) is 2. The Bertz CT molecular complexity index is 3170. The highest BCUT2D eigenvalue weighted by molar-refractivity contribution is 6.09. The lowest BCUT2D eigenvalue weighted by molar-refractivity contribution is -0.153. The Labute approximate surface area is 358 Å². The monoisotopic (exact) mass is 834 g/mol. The van der Waals surface area contributed by atoms with Gasteiger partial charge >= 0.3 is 35.8 Å². The number of ether oxygens (including phenoxy) is 1. The van der Waals surface area contributed by atoms with Crippen LogP contribution in [-0.2, 0) is 45.4 Å². The van der Waals surface area contributed by atoms with Crippen molar-refractivity contribution in [2.75, 3.05) is 0 Å². The van der Waals surface area contributed by atoms with Gasteiger partial charge in [0.2, 0.25) is 0 Å². The van der Waals surface area contributed by atoms with E-state index in [-0.39, 0.29) is 35.1 Å². The standard InChI is InChI=1S/C52H34O11/c53-46(54)37-13-9-26(21-41(37)48(57)58)19-30-11-15-35-33-7-3-1-5-28(33)23-39(35)44(30)31-17-18-52(43(25-31)50(61)63-51(52)62)45-32(12-16-36-34-8-4-2-6-29(34)24-40(36)45)20-27-10-14-38(47(55)56)42(22-27)49(59)60/h1-18,21-22,25,43H,19-20,23-24H2,(H,53,54)(H,55,56)(H,57,58)(H,59,60). The van der Waals surface area contributed by atoms with Gasteiger partial charge in [0.1, 0.15) is 11.3 Å².